The summed E-state index contributed by atoms with van der Waals surface area (Å²) in [5.41, 5.74) is 3.79. The molecule has 1 aromatic heterocycles. The zero-order valence-electron chi connectivity index (χ0n) is 13.6. The van der Waals surface area contributed by atoms with E-state index in [4.69, 9.17) is 10.5 Å². The van der Waals surface area contributed by atoms with E-state index in [9.17, 15) is 23.1 Å². The fourth-order valence-corrected chi connectivity index (χ4v) is 2.68. The van der Waals surface area contributed by atoms with Gasteiger partial charge in [0, 0.05) is 5.56 Å². The SMILES string of the molecule is C[C@H](O)C#Cc1ccc2c(c1)-c1nc(C(N)=O)c(C(F)(F)F)n1CCO2. The van der Waals surface area contributed by atoms with E-state index >= 15 is 0 Å². The normalized spacial score (nSPS) is 14.2. The van der Waals surface area contributed by atoms with Crippen LogP contribution in [0, 0.1) is 11.8 Å². The Morgan fingerprint density at radius 2 is 2.19 bits per heavy atom. The lowest BCUT2D eigenvalue weighted by Gasteiger charge is -2.12. The predicted molar refractivity (Wildman–Crippen MR) is 85.2 cm³/mol. The Balaban J connectivity index is 2.24. The van der Waals surface area contributed by atoms with Gasteiger partial charge in [-0.1, -0.05) is 11.8 Å². The number of carbonyl (C=O) groups is 1. The van der Waals surface area contributed by atoms with Gasteiger partial charge in [-0.05, 0) is 25.1 Å². The summed E-state index contributed by atoms with van der Waals surface area (Å²) < 4.78 is 46.8. The molecule has 0 saturated heterocycles. The highest BCUT2D eigenvalue weighted by Crippen LogP contribution is 2.39. The molecule has 3 N–H and O–H groups in total. The molecule has 2 heterocycles. The summed E-state index contributed by atoms with van der Waals surface area (Å²) in [5.74, 6) is 4.26. The van der Waals surface area contributed by atoms with E-state index in [1.165, 1.54) is 13.0 Å². The van der Waals surface area contributed by atoms with Gasteiger partial charge in [0.25, 0.3) is 5.91 Å². The minimum absolute atomic E-state index is 0.0314. The molecular weight excluding hydrogens is 351 g/mol. The average molecular weight is 365 g/mol. The number of benzene rings is 1. The molecule has 0 radical (unpaired) electrons. The highest BCUT2D eigenvalue weighted by molar-refractivity contribution is 5.93. The summed E-state index contributed by atoms with van der Waals surface area (Å²) in [5, 5.41) is 9.25. The summed E-state index contributed by atoms with van der Waals surface area (Å²) in [6, 6.07) is 4.68. The van der Waals surface area contributed by atoms with Crippen LogP contribution in [0.4, 0.5) is 13.2 Å². The van der Waals surface area contributed by atoms with Gasteiger partial charge in [0.2, 0.25) is 0 Å². The first kappa shape index (κ1) is 17.8. The van der Waals surface area contributed by atoms with Crippen molar-refractivity contribution >= 4 is 5.91 Å². The van der Waals surface area contributed by atoms with E-state index in [-0.39, 0.29) is 24.5 Å². The molecule has 3 rings (SSSR count). The molecule has 0 saturated carbocycles. The minimum Gasteiger partial charge on any atom is -0.491 e. The predicted octanol–water partition coefficient (Wildman–Crippen LogP) is 1.79. The van der Waals surface area contributed by atoms with Gasteiger partial charge in [-0.3, -0.25) is 4.79 Å². The van der Waals surface area contributed by atoms with Crippen LogP contribution in [-0.4, -0.2) is 33.3 Å². The van der Waals surface area contributed by atoms with E-state index in [0.29, 0.717) is 11.3 Å². The van der Waals surface area contributed by atoms with Crippen LogP contribution in [0.3, 0.4) is 0 Å². The number of carbonyl (C=O) groups excluding carboxylic acids is 1. The Morgan fingerprint density at radius 1 is 1.46 bits per heavy atom. The van der Waals surface area contributed by atoms with Crippen LogP contribution in [-0.2, 0) is 12.7 Å². The Hall–Kier alpha value is -2.99. The van der Waals surface area contributed by atoms with E-state index < -0.39 is 29.6 Å². The Morgan fingerprint density at radius 3 is 2.81 bits per heavy atom. The fourth-order valence-electron chi connectivity index (χ4n) is 2.68. The second-order valence-electron chi connectivity index (χ2n) is 5.65. The molecule has 1 amide bonds. The van der Waals surface area contributed by atoms with Crippen LogP contribution in [0.1, 0.15) is 28.7 Å². The van der Waals surface area contributed by atoms with Gasteiger partial charge in [0.05, 0.1) is 12.1 Å². The number of hydrogen-bond acceptors (Lipinski definition) is 4. The van der Waals surface area contributed by atoms with Crippen molar-refractivity contribution in [2.45, 2.75) is 25.7 Å². The number of aromatic nitrogens is 2. The molecule has 0 unspecified atom stereocenters. The van der Waals surface area contributed by atoms with Crippen LogP contribution in [0.5, 0.6) is 5.75 Å². The van der Waals surface area contributed by atoms with E-state index in [1.807, 2.05) is 0 Å². The first-order valence-electron chi connectivity index (χ1n) is 7.63. The maximum Gasteiger partial charge on any atom is 0.433 e. The number of alkyl halides is 3. The van der Waals surface area contributed by atoms with Crippen LogP contribution >= 0.6 is 0 Å². The van der Waals surface area contributed by atoms with Crippen molar-refractivity contribution in [1.29, 1.82) is 0 Å². The molecule has 26 heavy (non-hydrogen) atoms. The summed E-state index contributed by atoms with van der Waals surface area (Å²) in [4.78, 5) is 15.3. The smallest absolute Gasteiger partial charge is 0.433 e. The number of rotatable bonds is 1. The summed E-state index contributed by atoms with van der Waals surface area (Å²) in [7, 11) is 0. The topological polar surface area (TPSA) is 90.4 Å². The molecule has 0 aliphatic carbocycles. The Labute approximate surface area is 146 Å². The molecule has 1 aliphatic heterocycles. The van der Waals surface area contributed by atoms with Crippen molar-refractivity contribution < 1.29 is 27.8 Å². The zero-order chi connectivity index (χ0) is 19.1. The van der Waals surface area contributed by atoms with Gasteiger partial charge in [-0.2, -0.15) is 13.2 Å². The molecule has 9 heteroatoms. The lowest BCUT2D eigenvalue weighted by Crippen LogP contribution is -2.22. The third kappa shape index (κ3) is 3.23. The van der Waals surface area contributed by atoms with Crippen LogP contribution < -0.4 is 10.5 Å². The van der Waals surface area contributed by atoms with Crippen LogP contribution in [0.2, 0.25) is 0 Å². The maximum absolute atomic E-state index is 13.5. The summed E-state index contributed by atoms with van der Waals surface area (Å²) in [6.07, 6.45) is -5.66. The molecule has 1 aliphatic rings. The van der Waals surface area contributed by atoms with Gasteiger partial charge >= 0.3 is 6.18 Å². The zero-order valence-corrected chi connectivity index (χ0v) is 13.6. The number of hydrogen-bond donors (Lipinski definition) is 2. The van der Waals surface area contributed by atoms with Crippen molar-refractivity contribution in [3.8, 4) is 29.0 Å². The standard InChI is InChI=1S/C17H14F3N3O3/c1-9(24)2-3-10-4-5-12-11(8-10)16-22-13(15(21)25)14(17(18,19)20)23(16)6-7-26-12/h4-5,8-9,24H,6-7H2,1H3,(H2,21,25)/t9-/m0/s1. The van der Waals surface area contributed by atoms with Crippen molar-refractivity contribution in [2.24, 2.45) is 5.73 Å². The molecule has 0 spiro atoms. The number of nitrogens with two attached hydrogens (primary N) is 1. The quantitative estimate of drug-likeness (QED) is 0.754. The summed E-state index contributed by atoms with van der Waals surface area (Å²) >= 11 is 0. The lowest BCUT2D eigenvalue weighted by molar-refractivity contribution is -0.143. The number of ether oxygens (including phenoxy) is 1. The second kappa shape index (κ2) is 6.38. The minimum atomic E-state index is -4.80. The number of fused-ring (bicyclic) bond motifs is 3. The Kier molecular flexibility index (Phi) is 4.38. The average Bonchev–Trinajstić information content (AvgIpc) is 2.85. The van der Waals surface area contributed by atoms with Crippen LogP contribution in [0.25, 0.3) is 11.4 Å². The number of aliphatic hydroxyl groups excluding tert-OH is 1. The number of primary amides is 1. The fraction of sp³-hybridized carbons (Fsp3) is 0.294. The second-order valence-corrected chi connectivity index (χ2v) is 5.65. The van der Waals surface area contributed by atoms with Crippen molar-refractivity contribution in [3.63, 3.8) is 0 Å². The van der Waals surface area contributed by atoms with Gasteiger partial charge in [-0.25, -0.2) is 4.98 Å². The monoisotopic (exact) mass is 365 g/mol. The highest BCUT2D eigenvalue weighted by atomic mass is 19.4. The number of imidazole rings is 1. The number of halogens is 3. The molecule has 136 valence electrons. The van der Waals surface area contributed by atoms with Crippen LogP contribution in [0.15, 0.2) is 18.2 Å². The first-order valence-corrected chi connectivity index (χ1v) is 7.63. The van der Waals surface area contributed by atoms with Crippen molar-refractivity contribution in [2.75, 3.05) is 6.61 Å². The highest BCUT2D eigenvalue weighted by Gasteiger charge is 2.42. The molecule has 0 fully saturated rings. The number of nitrogens with zero attached hydrogens (tertiary/aromatic N) is 2. The Bertz CT molecular complexity index is 936. The lowest BCUT2D eigenvalue weighted by atomic mass is 10.1. The van der Waals surface area contributed by atoms with Crippen molar-refractivity contribution in [1.82, 2.24) is 9.55 Å². The van der Waals surface area contributed by atoms with E-state index in [1.54, 1.807) is 12.1 Å². The van der Waals surface area contributed by atoms with Gasteiger partial charge in [-0.15, -0.1) is 0 Å². The van der Waals surface area contributed by atoms with E-state index in [0.717, 1.165) is 4.57 Å². The largest absolute Gasteiger partial charge is 0.491 e. The van der Waals surface area contributed by atoms with Crippen molar-refractivity contribution in [3.05, 3.63) is 35.2 Å². The third-order valence-electron chi connectivity index (χ3n) is 3.69. The molecule has 0 bridgehead atoms. The van der Waals surface area contributed by atoms with Gasteiger partial charge < -0.3 is 20.1 Å². The maximum atomic E-state index is 13.5. The molecule has 1 aromatic carbocycles. The number of aliphatic hydroxyl groups is 1. The third-order valence-corrected chi connectivity index (χ3v) is 3.69. The number of amides is 1. The molecule has 2 aromatic rings. The van der Waals surface area contributed by atoms with Gasteiger partial charge in [0.1, 0.15) is 24.3 Å². The molecular formula is C17H14F3N3O3. The van der Waals surface area contributed by atoms with E-state index in [2.05, 4.69) is 16.8 Å². The summed E-state index contributed by atoms with van der Waals surface area (Å²) in [6.45, 7) is 1.31. The van der Waals surface area contributed by atoms with Gasteiger partial charge in [0.15, 0.2) is 11.4 Å². The first-order chi connectivity index (χ1) is 12.2. The molecule has 6 nitrogen and oxygen atoms in total. The molecule has 1 atom stereocenters.